The Morgan fingerprint density at radius 1 is 1.15 bits per heavy atom. The second kappa shape index (κ2) is 8.37. The van der Waals surface area contributed by atoms with Crippen LogP contribution in [0.25, 0.3) is 11.3 Å². The maximum atomic E-state index is 12.8. The Hall–Kier alpha value is -2.63. The highest BCUT2D eigenvalue weighted by atomic mass is 35.5. The van der Waals surface area contributed by atoms with E-state index in [4.69, 9.17) is 16.1 Å². The molecule has 1 N–H and O–H groups in total. The largest absolute Gasteiger partial charge is 0.360 e. The fourth-order valence-electron chi connectivity index (χ4n) is 2.95. The lowest BCUT2D eigenvalue weighted by molar-refractivity contribution is 0.0950. The Labute approximate surface area is 163 Å². The van der Waals surface area contributed by atoms with Crippen molar-refractivity contribution in [1.82, 2.24) is 15.4 Å². The first kappa shape index (κ1) is 19.1. The number of nitrogens with one attached hydrogen (secondary N) is 1. The quantitative estimate of drug-likeness (QED) is 0.689. The number of benzene rings is 2. The van der Waals surface area contributed by atoms with Crippen LogP contribution in [0.5, 0.6) is 0 Å². The molecular formula is C21H22ClN3O2. The van der Waals surface area contributed by atoms with Crippen molar-refractivity contribution in [2.75, 3.05) is 14.1 Å². The van der Waals surface area contributed by atoms with Gasteiger partial charge in [-0.25, -0.2) is 0 Å². The molecule has 0 aliphatic carbocycles. The zero-order valence-electron chi connectivity index (χ0n) is 15.6. The number of carbonyl (C=O) groups excluding carboxylic acids is 1. The third-order valence-corrected chi connectivity index (χ3v) is 4.49. The van der Waals surface area contributed by atoms with Gasteiger partial charge >= 0.3 is 0 Å². The van der Waals surface area contributed by atoms with Crippen molar-refractivity contribution in [2.24, 2.45) is 0 Å². The summed E-state index contributed by atoms with van der Waals surface area (Å²) in [5.74, 6) is 0.227. The third kappa shape index (κ3) is 4.56. The molecule has 0 aliphatic heterocycles. The van der Waals surface area contributed by atoms with E-state index in [1.807, 2.05) is 44.4 Å². The van der Waals surface area contributed by atoms with Crippen LogP contribution in [-0.2, 0) is 13.1 Å². The summed E-state index contributed by atoms with van der Waals surface area (Å²) in [7, 11) is 4.05. The van der Waals surface area contributed by atoms with Crippen LogP contribution in [0.2, 0.25) is 5.02 Å². The highest BCUT2D eigenvalue weighted by Gasteiger charge is 2.22. The van der Waals surface area contributed by atoms with E-state index >= 15 is 0 Å². The van der Waals surface area contributed by atoms with Gasteiger partial charge in [0.05, 0.1) is 5.02 Å². The molecule has 140 valence electrons. The standard InChI is InChI=1S/C21H22ClN3O2/c1-14-19(20(24-27-14)17-9-4-5-10-18(17)22)21(26)23-12-15-7-6-8-16(11-15)13-25(2)3/h4-11H,12-13H2,1-3H3,(H,23,26). The SMILES string of the molecule is Cc1onc(-c2ccccc2Cl)c1C(=O)NCc1cccc(CN(C)C)c1. The van der Waals surface area contributed by atoms with Crippen molar-refractivity contribution < 1.29 is 9.32 Å². The van der Waals surface area contributed by atoms with E-state index in [1.165, 1.54) is 5.56 Å². The number of amides is 1. The molecule has 0 fully saturated rings. The maximum absolute atomic E-state index is 12.8. The topological polar surface area (TPSA) is 58.4 Å². The molecule has 3 aromatic rings. The average molecular weight is 384 g/mol. The summed E-state index contributed by atoms with van der Waals surface area (Å²) in [4.78, 5) is 14.9. The summed E-state index contributed by atoms with van der Waals surface area (Å²) in [6.07, 6.45) is 0. The Morgan fingerprint density at radius 3 is 2.63 bits per heavy atom. The first-order valence-electron chi connectivity index (χ1n) is 8.67. The number of halogens is 1. The van der Waals surface area contributed by atoms with E-state index in [9.17, 15) is 4.79 Å². The van der Waals surface area contributed by atoms with Gasteiger partial charge in [-0.2, -0.15) is 0 Å². The predicted octanol–water partition coefficient (Wildman–Crippen LogP) is 4.30. The monoisotopic (exact) mass is 383 g/mol. The van der Waals surface area contributed by atoms with Gasteiger partial charge in [0.2, 0.25) is 0 Å². The van der Waals surface area contributed by atoms with E-state index in [2.05, 4.69) is 27.5 Å². The summed E-state index contributed by atoms with van der Waals surface area (Å²) in [5, 5.41) is 7.52. The summed E-state index contributed by atoms with van der Waals surface area (Å²) >= 11 is 6.26. The minimum Gasteiger partial charge on any atom is -0.360 e. The van der Waals surface area contributed by atoms with Crippen LogP contribution in [-0.4, -0.2) is 30.1 Å². The zero-order chi connectivity index (χ0) is 19.4. The van der Waals surface area contributed by atoms with Gasteiger partial charge < -0.3 is 14.7 Å². The number of nitrogens with zero attached hydrogens (tertiary/aromatic N) is 2. The molecular weight excluding hydrogens is 362 g/mol. The van der Waals surface area contributed by atoms with Crippen LogP contribution in [0.1, 0.15) is 27.2 Å². The molecule has 3 rings (SSSR count). The van der Waals surface area contributed by atoms with Gasteiger partial charge in [-0.3, -0.25) is 4.79 Å². The molecule has 0 bridgehead atoms. The number of hydrogen-bond donors (Lipinski definition) is 1. The molecule has 0 saturated carbocycles. The summed E-state index contributed by atoms with van der Waals surface area (Å²) in [5.41, 5.74) is 3.78. The molecule has 1 amide bonds. The van der Waals surface area contributed by atoms with Crippen molar-refractivity contribution in [3.63, 3.8) is 0 Å². The van der Waals surface area contributed by atoms with Crippen LogP contribution in [0.15, 0.2) is 53.1 Å². The molecule has 0 atom stereocenters. The molecule has 0 unspecified atom stereocenters. The Kier molecular flexibility index (Phi) is 5.94. The van der Waals surface area contributed by atoms with Crippen molar-refractivity contribution >= 4 is 17.5 Å². The van der Waals surface area contributed by atoms with Gasteiger partial charge in [-0.05, 0) is 38.2 Å². The lowest BCUT2D eigenvalue weighted by Crippen LogP contribution is -2.24. The van der Waals surface area contributed by atoms with Crippen molar-refractivity contribution in [3.05, 3.63) is 76.0 Å². The van der Waals surface area contributed by atoms with Gasteiger partial charge in [0, 0.05) is 18.7 Å². The minimum absolute atomic E-state index is 0.235. The van der Waals surface area contributed by atoms with Crippen molar-refractivity contribution in [3.8, 4) is 11.3 Å². The fraction of sp³-hybridized carbons (Fsp3) is 0.238. The molecule has 0 radical (unpaired) electrons. The van der Waals surface area contributed by atoms with Crippen LogP contribution >= 0.6 is 11.6 Å². The number of aryl methyl sites for hydroxylation is 1. The number of carbonyl (C=O) groups is 1. The van der Waals surface area contributed by atoms with E-state index in [0.717, 1.165) is 12.1 Å². The molecule has 1 aromatic heterocycles. The van der Waals surface area contributed by atoms with E-state index in [1.54, 1.807) is 13.0 Å². The molecule has 0 spiro atoms. The van der Waals surface area contributed by atoms with Gasteiger partial charge in [-0.15, -0.1) is 0 Å². The maximum Gasteiger partial charge on any atom is 0.257 e. The van der Waals surface area contributed by atoms with Crippen molar-refractivity contribution in [1.29, 1.82) is 0 Å². The number of aromatic nitrogens is 1. The number of hydrogen-bond acceptors (Lipinski definition) is 4. The molecule has 6 heteroatoms. The molecule has 27 heavy (non-hydrogen) atoms. The first-order chi connectivity index (χ1) is 13.0. The Balaban J connectivity index is 1.78. The second-order valence-electron chi connectivity index (χ2n) is 6.68. The fourth-order valence-corrected chi connectivity index (χ4v) is 3.18. The predicted molar refractivity (Wildman–Crippen MR) is 107 cm³/mol. The van der Waals surface area contributed by atoms with Crippen molar-refractivity contribution in [2.45, 2.75) is 20.0 Å². The van der Waals surface area contributed by atoms with Crippen LogP contribution in [0.4, 0.5) is 0 Å². The molecule has 0 saturated heterocycles. The Bertz CT molecular complexity index is 950. The highest BCUT2D eigenvalue weighted by molar-refractivity contribution is 6.33. The smallest absolute Gasteiger partial charge is 0.257 e. The second-order valence-corrected chi connectivity index (χ2v) is 7.09. The highest BCUT2D eigenvalue weighted by Crippen LogP contribution is 2.30. The summed E-state index contributed by atoms with van der Waals surface area (Å²) in [6, 6.07) is 15.4. The van der Waals surface area contributed by atoms with Crippen LogP contribution < -0.4 is 5.32 Å². The Morgan fingerprint density at radius 2 is 1.89 bits per heavy atom. The van der Waals surface area contributed by atoms with Crippen LogP contribution in [0, 0.1) is 6.92 Å². The number of rotatable bonds is 6. The van der Waals surface area contributed by atoms with E-state index in [-0.39, 0.29) is 5.91 Å². The van der Waals surface area contributed by atoms with Crippen LogP contribution in [0.3, 0.4) is 0 Å². The summed E-state index contributed by atoms with van der Waals surface area (Å²) < 4.78 is 5.27. The minimum atomic E-state index is -0.235. The lowest BCUT2D eigenvalue weighted by atomic mass is 10.1. The van der Waals surface area contributed by atoms with Gasteiger partial charge in [0.25, 0.3) is 5.91 Å². The van der Waals surface area contributed by atoms with Gasteiger partial charge in [0.15, 0.2) is 0 Å². The lowest BCUT2D eigenvalue weighted by Gasteiger charge is -2.11. The summed E-state index contributed by atoms with van der Waals surface area (Å²) in [6.45, 7) is 3.00. The molecule has 2 aromatic carbocycles. The molecule has 1 heterocycles. The van der Waals surface area contributed by atoms with E-state index in [0.29, 0.717) is 34.1 Å². The zero-order valence-corrected chi connectivity index (χ0v) is 16.4. The van der Waals surface area contributed by atoms with E-state index < -0.39 is 0 Å². The molecule has 5 nitrogen and oxygen atoms in total. The average Bonchev–Trinajstić information content (AvgIpc) is 3.01. The first-order valence-corrected chi connectivity index (χ1v) is 9.05. The third-order valence-electron chi connectivity index (χ3n) is 4.16. The van der Waals surface area contributed by atoms with Gasteiger partial charge in [-0.1, -0.05) is 59.2 Å². The molecule has 0 aliphatic rings. The normalized spacial score (nSPS) is 11.0. The van der Waals surface area contributed by atoms with Gasteiger partial charge in [0.1, 0.15) is 17.0 Å².